The Balaban J connectivity index is 0.000000265. The van der Waals surface area contributed by atoms with Crippen LogP contribution in [-0.2, 0) is 20.1 Å². The van der Waals surface area contributed by atoms with E-state index in [2.05, 4.69) is 109 Å². The van der Waals surface area contributed by atoms with E-state index in [9.17, 15) is 0 Å². The van der Waals surface area contributed by atoms with Crippen molar-refractivity contribution in [2.24, 2.45) is 0 Å². The second kappa shape index (κ2) is 14.6. The summed E-state index contributed by atoms with van der Waals surface area (Å²) < 4.78 is 6.24. The van der Waals surface area contributed by atoms with Gasteiger partial charge in [-0.25, -0.2) is 4.98 Å². The number of fused-ring (bicyclic) bond motifs is 4. The maximum absolute atomic E-state index is 6.24. The molecule has 0 aliphatic rings. The Morgan fingerprint density at radius 2 is 1.41 bits per heavy atom. The van der Waals surface area contributed by atoms with E-state index in [0.29, 0.717) is 5.71 Å². The summed E-state index contributed by atoms with van der Waals surface area (Å²) in [5.41, 5.74) is 13.3. The molecule has 5 heteroatoms. The van der Waals surface area contributed by atoms with E-state index < -0.39 is 0 Å². The molecule has 0 saturated carbocycles. The van der Waals surface area contributed by atoms with Gasteiger partial charge in [0, 0.05) is 43.6 Å². The Bertz CT molecular complexity index is 2580. The van der Waals surface area contributed by atoms with Crippen LogP contribution in [0.2, 0.25) is 0 Å². The third-order valence-corrected chi connectivity index (χ3v) is 9.13. The average molecular weight is 836 g/mol. The minimum atomic E-state index is 0. The second-order valence-electron chi connectivity index (χ2n) is 12.4. The molecule has 0 saturated heterocycles. The molecular formula is C46H33IrN3O-2. The van der Waals surface area contributed by atoms with E-state index in [1.807, 2.05) is 73.8 Å². The molecule has 0 bridgehead atoms. The Morgan fingerprint density at radius 3 is 2.22 bits per heavy atom. The van der Waals surface area contributed by atoms with E-state index in [0.717, 1.165) is 55.7 Å². The van der Waals surface area contributed by atoms with Crippen molar-refractivity contribution in [1.29, 1.82) is 0 Å². The average Bonchev–Trinajstić information content (AvgIpc) is 3.54. The molecule has 4 aromatic heterocycles. The monoisotopic (exact) mass is 836 g/mol. The maximum Gasteiger partial charge on any atom is 0.216 e. The van der Waals surface area contributed by atoms with Crippen molar-refractivity contribution in [3.05, 3.63) is 175 Å². The van der Waals surface area contributed by atoms with Crippen LogP contribution in [0.5, 0.6) is 0 Å². The molecule has 0 aliphatic heterocycles. The third-order valence-electron chi connectivity index (χ3n) is 9.13. The number of aromatic nitrogens is 3. The van der Waals surface area contributed by atoms with Crippen molar-refractivity contribution in [3.63, 3.8) is 0 Å². The quantitative estimate of drug-likeness (QED) is 0.166. The Kier molecular flexibility index (Phi) is 9.67. The van der Waals surface area contributed by atoms with Crippen molar-refractivity contribution in [3.8, 4) is 44.8 Å². The molecule has 0 aliphatic carbocycles. The van der Waals surface area contributed by atoms with Crippen LogP contribution in [0.3, 0.4) is 0 Å². The van der Waals surface area contributed by atoms with Crippen LogP contribution in [0.15, 0.2) is 150 Å². The molecule has 0 N–H and O–H groups in total. The standard InChI is InChI=1S/C35H25N2O.C11H8N.Ir/c1-21-20-36-33(31-11-7-10-29-30-15-12-22(2)37-35(30)38-34(29)31)19-32(21)28-17-14-26-18-25(13-16-27(26)23(28)3)24-8-5-4-6-9-24;1-2-6-10(7-3-1)11-8-4-5-9-12-11;/h4-10,12-20H,1-3H3;1-6,8-9H;/q2*-1;. The predicted molar refractivity (Wildman–Crippen MR) is 205 cm³/mol. The van der Waals surface area contributed by atoms with E-state index >= 15 is 0 Å². The van der Waals surface area contributed by atoms with Crippen LogP contribution in [-0.4, -0.2) is 15.0 Å². The molecule has 9 rings (SSSR count). The zero-order chi connectivity index (χ0) is 34.0. The number of hydrogen-bond donors (Lipinski definition) is 0. The first-order chi connectivity index (χ1) is 24.5. The number of rotatable bonds is 4. The van der Waals surface area contributed by atoms with Gasteiger partial charge in [0.1, 0.15) is 0 Å². The van der Waals surface area contributed by atoms with Gasteiger partial charge in [-0.1, -0.05) is 83.7 Å². The summed E-state index contributed by atoms with van der Waals surface area (Å²) in [6.45, 7) is 6.30. The zero-order valence-corrected chi connectivity index (χ0v) is 30.8. The van der Waals surface area contributed by atoms with Crippen molar-refractivity contribution >= 4 is 32.8 Å². The number of furan rings is 1. The smallest absolute Gasteiger partial charge is 0.216 e. The van der Waals surface area contributed by atoms with Gasteiger partial charge in [-0.3, -0.25) is 0 Å². The van der Waals surface area contributed by atoms with Crippen LogP contribution in [0.25, 0.3) is 77.6 Å². The van der Waals surface area contributed by atoms with Crippen molar-refractivity contribution in [2.45, 2.75) is 20.8 Å². The largest absolute Gasteiger partial charge is 0.486 e. The van der Waals surface area contributed by atoms with E-state index in [4.69, 9.17) is 9.40 Å². The topological polar surface area (TPSA) is 51.8 Å². The Labute approximate surface area is 311 Å². The summed E-state index contributed by atoms with van der Waals surface area (Å²) >= 11 is 0. The first kappa shape index (κ1) is 33.7. The number of benzene rings is 5. The van der Waals surface area contributed by atoms with E-state index in [1.54, 1.807) is 6.20 Å². The second-order valence-corrected chi connectivity index (χ2v) is 12.4. The normalized spacial score (nSPS) is 10.9. The molecule has 4 nitrogen and oxygen atoms in total. The fourth-order valence-corrected chi connectivity index (χ4v) is 6.52. The Morgan fingerprint density at radius 1 is 0.588 bits per heavy atom. The van der Waals surface area contributed by atoms with Crippen LogP contribution in [0, 0.1) is 32.9 Å². The molecule has 1 radical (unpaired) electrons. The van der Waals surface area contributed by atoms with Crippen molar-refractivity contribution < 1.29 is 24.5 Å². The number of pyridine rings is 3. The Hall–Kier alpha value is -5.74. The molecule has 51 heavy (non-hydrogen) atoms. The fraction of sp³-hybridized carbons (Fsp3) is 0.0652. The van der Waals surface area contributed by atoms with Gasteiger partial charge < -0.3 is 14.4 Å². The first-order valence-corrected chi connectivity index (χ1v) is 16.7. The van der Waals surface area contributed by atoms with Crippen molar-refractivity contribution in [2.75, 3.05) is 0 Å². The van der Waals surface area contributed by atoms with Gasteiger partial charge in [0.15, 0.2) is 0 Å². The van der Waals surface area contributed by atoms with Crippen molar-refractivity contribution in [1.82, 2.24) is 15.0 Å². The van der Waals surface area contributed by atoms with Gasteiger partial charge >= 0.3 is 0 Å². The van der Waals surface area contributed by atoms with Gasteiger partial charge in [0.05, 0.1) is 5.58 Å². The number of hydrogen-bond acceptors (Lipinski definition) is 4. The van der Waals surface area contributed by atoms with Gasteiger partial charge in [-0.15, -0.1) is 54.1 Å². The van der Waals surface area contributed by atoms with Gasteiger partial charge in [-0.2, -0.15) is 0 Å². The first-order valence-electron chi connectivity index (χ1n) is 16.7. The summed E-state index contributed by atoms with van der Waals surface area (Å²) in [5, 5.41) is 4.53. The van der Waals surface area contributed by atoms with E-state index in [-0.39, 0.29) is 20.1 Å². The predicted octanol–water partition coefficient (Wildman–Crippen LogP) is 11.8. The van der Waals surface area contributed by atoms with E-state index in [1.165, 1.54) is 33.0 Å². The fourth-order valence-electron chi connectivity index (χ4n) is 6.52. The van der Waals surface area contributed by atoms with Crippen LogP contribution >= 0.6 is 0 Å². The summed E-state index contributed by atoms with van der Waals surface area (Å²) in [6, 6.07) is 52.1. The summed E-state index contributed by atoms with van der Waals surface area (Å²) in [7, 11) is 0. The van der Waals surface area contributed by atoms with Crippen LogP contribution in [0.4, 0.5) is 0 Å². The van der Waals surface area contributed by atoms with Gasteiger partial charge in [-0.05, 0) is 101 Å². The molecule has 0 amide bonds. The molecule has 0 atom stereocenters. The molecule has 0 unspecified atom stereocenters. The minimum absolute atomic E-state index is 0. The molecule has 4 heterocycles. The summed E-state index contributed by atoms with van der Waals surface area (Å²) in [5.74, 6) is 0. The summed E-state index contributed by atoms with van der Waals surface area (Å²) in [4.78, 5) is 13.6. The molecule has 5 aromatic carbocycles. The summed E-state index contributed by atoms with van der Waals surface area (Å²) in [6.07, 6.45) is 3.74. The van der Waals surface area contributed by atoms with Gasteiger partial charge in [0.2, 0.25) is 5.71 Å². The molecule has 0 spiro atoms. The van der Waals surface area contributed by atoms with Crippen LogP contribution in [0.1, 0.15) is 16.8 Å². The molecule has 249 valence electrons. The van der Waals surface area contributed by atoms with Crippen LogP contribution < -0.4 is 0 Å². The number of nitrogens with zero attached hydrogens (tertiary/aromatic N) is 3. The molecule has 9 aromatic rings. The third kappa shape index (κ3) is 6.74. The SMILES string of the molecule is Cc1ccc2c(n1)oc1c(-c3cc(-c4ccc5cc(-c6ccccc6)ccc5c4C)c(C)cn3)[c-]ccc12.[Ir].[c-]1ccccc1-c1ccccn1. The van der Waals surface area contributed by atoms with Gasteiger partial charge in [0.25, 0.3) is 0 Å². The number of aryl methyl sites for hydroxylation is 3. The molecule has 0 fully saturated rings. The maximum atomic E-state index is 6.24. The molecular weight excluding hydrogens is 803 g/mol. The minimum Gasteiger partial charge on any atom is -0.486 e. The zero-order valence-electron chi connectivity index (χ0n) is 28.4.